The van der Waals surface area contributed by atoms with E-state index in [0.717, 1.165) is 30.5 Å². The van der Waals surface area contributed by atoms with E-state index in [1.807, 2.05) is 13.0 Å². The summed E-state index contributed by atoms with van der Waals surface area (Å²) in [6.07, 6.45) is 3.86. The van der Waals surface area contributed by atoms with E-state index in [1.165, 1.54) is 25.8 Å². The Balaban J connectivity index is 0.00000120. The number of aromatic nitrogens is 1. The Morgan fingerprint density at radius 2 is 2.28 bits per heavy atom. The van der Waals surface area contributed by atoms with Crippen molar-refractivity contribution in [1.82, 2.24) is 10.1 Å². The van der Waals surface area contributed by atoms with Gasteiger partial charge in [0.05, 0.1) is 12.2 Å². The second-order valence-electron chi connectivity index (χ2n) is 5.65. The lowest BCUT2D eigenvalue weighted by molar-refractivity contribution is 0.255. The molecule has 2 fully saturated rings. The van der Waals surface area contributed by atoms with Crippen molar-refractivity contribution in [2.24, 2.45) is 17.6 Å². The van der Waals surface area contributed by atoms with Gasteiger partial charge in [-0.25, -0.2) is 0 Å². The smallest absolute Gasteiger partial charge is 0.150 e. The normalized spacial score (nSPS) is 32.0. The summed E-state index contributed by atoms with van der Waals surface area (Å²) >= 11 is 0. The fourth-order valence-electron chi connectivity index (χ4n) is 3.45. The van der Waals surface area contributed by atoms with Gasteiger partial charge in [0.15, 0.2) is 5.76 Å². The third kappa shape index (κ3) is 2.71. The van der Waals surface area contributed by atoms with Crippen LogP contribution in [0.15, 0.2) is 10.6 Å². The zero-order valence-electron chi connectivity index (χ0n) is 10.8. The second kappa shape index (κ2) is 5.59. The van der Waals surface area contributed by atoms with Crippen LogP contribution in [-0.4, -0.2) is 29.2 Å². The minimum atomic E-state index is 0. The highest BCUT2D eigenvalue weighted by Crippen LogP contribution is 2.35. The lowest BCUT2D eigenvalue weighted by atomic mass is 9.78. The van der Waals surface area contributed by atoms with Crippen LogP contribution >= 0.6 is 12.4 Å². The standard InChI is InChI=1S/C13H21N3O.ClH/c1-9-5-11(17-15-9)7-16-6-10-3-2-4-13(14)12(10)8-16;/h5,10,12-13H,2-4,6-8,14H2,1H3;1H. The molecular formula is C13H22ClN3O. The van der Waals surface area contributed by atoms with Gasteiger partial charge in [0, 0.05) is 25.2 Å². The Morgan fingerprint density at radius 3 is 2.94 bits per heavy atom. The number of halogens is 1. The number of nitrogens with zero attached hydrogens (tertiary/aromatic N) is 2. The highest BCUT2D eigenvalue weighted by atomic mass is 35.5. The number of hydrogen-bond donors (Lipinski definition) is 1. The van der Waals surface area contributed by atoms with Crippen molar-refractivity contribution in [3.63, 3.8) is 0 Å². The molecule has 18 heavy (non-hydrogen) atoms. The molecule has 2 aliphatic rings. The summed E-state index contributed by atoms with van der Waals surface area (Å²) in [5.74, 6) is 2.49. The van der Waals surface area contributed by atoms with E-state index in [-0.39, 0.29) is 12.4 Å². The molecule has 1 saturated heterocycles. The quantitative estimate of drug-likeness (QED) is 0.894. The summed E-state index contributed by atoms with van der Waals surface area (Å²) in [6, 6.07) is 2.44. The third-order valence-corrected chi connectivity index (χ3v) is 4.29. The van der Waals surface area contributed by atoms with Gasteiger partial charge in [0.1, 0.15) is 0 Å². The molecule has 3 unspecified atom stereocenters. The summed E-state index contributed by atoms with van der Waals surface area (Å²) in [4.78, 5) is 2.47. The summed E-state index contributed by atoms with van der Waals surface area (Å²) in [6.45, 7) is 5.16. The van der Waals surface area contributed by atoms with Crippen molar-refractivity contribution in [3.8, 4) is 0 Å². The van der Waals surface area contributed by atoms with Crippen LogP contribution in [0.3, 0.4) is 0 Å². The molecule has 0 bridgehead atoms. The lowest BCUT2D eigenvalue weighted by Crippen LogP contribution is -2.38. The van der Waals surface area contributed by atoms with E-state index in [2.05, 4.69) is 10.1 Å². The number of rotatable bonds is 2. The molecule has 1 aliphatic carbocycles. The predicted molar refractivity (Wildman–Crippen MR) is 72.6 cm³/mol. The summed E-state index contributed by atoms with van der Waals surface area (Å²) in [5.41, 5.74) is 7.18. The van der Waals surface area contributed by atoms with Gasteiger partial charge in [-0.1, -0.05) is 11.6 Å². The first-order chi connectivity index (χ1) is 8.22. The van der Waals surface area contributed by atoms with E-state index < -0.39 is 0 Å². The first kappa shape index (κ1) is 13.8. The molecule has 102 valence electrons. The van der Waals surface area contributed by atoms with Gasteiger partial charge in [0.2, 0.25) is 0 Å². The van der Waals surface area contributed by atoms with Gasteiger partial charge in [-0.05, 0) is 31.6 Å². The molecule has 0 radical (unpaired) electrons. The first-order valence-electron chi connectivity index (χ1n) is 6.62. The molecule has 1 aliphatic heterocycles. The van der Waals surface area contributed by atoms with Crippen LogP contribution in [0.1, 0.15) is 30.7 Å². The molecule has 2 N–H and O–H groups in total. The fraction of sp³-hybridized carbons (Fsp3) is 0.769. The maximum Gasteiger partial charge on any atom is 0.150 e. The SMILES string of the molecule is Cc1cc(CN2CC3CCCC(N)C3C2)on1.Cl. The highest BCUT2D eigenvalue weighted by Gasteiger charge is 2.38. The average Bonchev–Trinajstić information content (AvgIpc) is 2.86. The zero-order valence-corrected chi connectivity index (χ0v) is 11.7. The van der Waals surface area contributed by atoms with Crippen molar-refractivity contribution in [2.75, 3.05) is 13.1 Å². The minimum absolute atomic E-state index is 0. The number of fused-ring (bicyclic) bond motifs is 1. The van der Waals surface area contributed by atoms with Crippen molar-refractivity contribution < 1.29 is 4.52 Å². The van der Waals surface area contributed by atoms with Crippen LogP contribution in [0.5, 0.6) is 0 Å². The Morgan fingerprint density at radius 1 is 1.44 bits per heavy atom. The summed E-state index contributed by atoms with van der Waals surface area (Å²) < 4.78 is 5.28. The number of hydrogen-bond acceptors (Lipinski definition) is 4. The van der Waals surface area contributed by atoms with Crippen molar-refractivity contribution in [3.05, 3.63) is 17.5 Å². The Hall–Kier alpha value is -0.580. The molecular weight excluding hydrogens is 250 g/mol. The van der Waals surface area contributed by atoms with Gasteiger partial charge >= 0.3 is 0 Å². The molecule has 1 aromatic rings. The highest BCUT2D eigenvalue weighted by molar-refractivity contribution is 5.85. The lowest BCUT2D eigenvalue weighted by Gasteiger charge is -2.29. The molecule has 3 atom stereocenters. The molecule has 0 amide bonds. The van der Waals surface area contributed by atoms with Crippen molar-refractivity contribution in [1.29, 1.82) is 0 Å². The molecule has 2 heterocycles. The van der Waals surface area contributed by atoms with Crippen LogP contribution in [0, 0.1) is 18.8 Å². The predicted octanol–water partition coefficient (Wildman–Crippen LogP) is 1.96. The average molecular weight is 272 g/mol. The van der Waals surface area contributed by atoms with E-state index in [1.54, 1.807) is 0 Å². The first-order valence-corrected chi connectivity index (χ1v) is 6.62. The zero-order chi connectivity index (χ0) is 11.8. The van der Waals surface area contributed by atoms with E-state index in [0.29, 0.717) is 12.0 Å². The van der Waals surface area contributed by atoms with Gasteiger partial charge in [-0.3, -0.25) is 4.90 Å². The number of aryl methyl sites for hydroxylation is 1. The van der Waals surface area contributed by atoms with Gasteiger partial charge in [-0.2, -0.15) is 0 Å². The largest absolute Gasteiger partial charge is 0.360 e. The van der Waals surface area contributed by atoms with Crippen LogP contribution in [0.25, 0.3) is 0 Å². The molecule has 3 rings (SSSR count). The molecule has 1 saturated carbocycles. The summed E-state index contributed by atoms with van der Waals surface area (Å²) in [7, 11) is 0. The van der Waals surface area contributed by atoms with E-state index in [9.17, 15) is 0 Å². The summed E-state index contributed by atoms with van der Waals surface area (Å²) in [5, 5.41) is 3.94. The molecule has 1 aromatic heterocycles. The number of nitrogens with two attached hydrogens (primary N) is 1. The minimum Gasteiger partial charge on any atom is -0.360 e. The van der Waals surface area contributed by atoms with E-state index >= 15 is 0 Å². The Kier molecular flexibility index (Phi) is 4.30. The maximum atomic E-state index is 6.22. The molecule has 0 spiro atoms. The van der Waals surface area contributed by atoms with Gasteiger partial charge in [-0.15, -0.1) is 12.4 Å². The van der Waals surface area contributed by atoms with Crippen LogP contribution in [0.4, 0.5) is 0 Å². The molecule has 5 heteroatoms. The fourth-order valence-corrected chi connectivity index (χ4v) is 3.45. The Labute approximate surface area is 114 Å². The van der Waals surface area contributed by atoms with Crippen LogP contribution in [0.2, 0.25) is 0 Å². The van der Waals surface area contributed by atoms with Crippen molar-refractivity contribution in [2.45, 2.75) is 38.8 Å². The monoisotopic (exact) mass is 271 g/mol. The maximum absolute atomic E-state index is 6.22. The van der Waals surface area contributed by atoms with Gasteiger partial charge in [0.25, 0.3) is 0 Å². The van der Waals surface area contributed by atoms with Crippen LogP contribution in [-0.2, 0) is 6.54 Å². The van der Waals surface area contributed by atoms with Gasteiger partial charge < -0.3 is 10.3 Å². The Bertz CT molecular complexity index is 395. The topological polar surface area (TPSA) is 55.3 Å². The number of likely N-dealkylation sites (tertiary alicyclic amines) is 1. The van der Waals surface area contributed by atoms with Crippen molar-refractivity contribution >= 4 is 12.4 Å². The molecule has 0 aromatic carbocycles. The molecule has 4 nitrogen and oxygen atoms in total. The third-order valence-electron chi connectivity index (χ3n) is 4.29. The van der Waals surface area contributed by atoms with Crippen LogP contribution < -0.4 is 5.73 Å². The van der Waals surface area contributed by atoms with E-state index in [4.69, 9.17) is 10.3 Å². The second-order valence-corrected chi connectivity index (χ2v) is 5.65.